The minimum absolute atomic E-state index is 0.131. The molecule has 4 heteroatoms. The molecule has 0 fully saturated rings. The number of ether oxygens (including phenoxy) is 1. The molecule has 0 aliphatic heterocycles. The van der Waals surface area contributed by atoms with Crippen molar-refractivity contribution in [3.63, 3.8) is 0 Å². The molecule has 24 heavy (non-hydrogen) atoms. The molecular formula is C20H18N2O2. The number of methoxy groups -OCH3 is 1. The number of anilines is 1. The summed E-state index contributed by atoms with van der Waals surface area (Å²) in [5.41, 5.74) is 2.30. The number of pyridine rings is 1. The van der Waals surface area contributed by atoms with Crippen LogP contribution in [0.2, 0.25) is 0 Å². The van der Waals surface area contributed by atoms with Crippen LogP contribution in [0.4, 0.5) is 5.69 Å². The van der Waals surface area contributed by atoms with Gasteiger partial charge in [-0.15, -0.1) is 0 Å². The standard InChI is InChI=1S/C20H18N2O2/c1-24-17-11-7-10-16(14-17)22-20(23)19(15-8-3-2-4-9-15)18-12-5-6-13-21-18/h2-14,19H,1H3,(H,22,23). The van der Waals surface area contributed by atoms with E-state index in [2.05, 4.69) is 10.3 Å². The molecule has 0 aliphatic carbocycles. The van der Waals surface area contributed by atoms with Crippen LogP contribution in [0.25, 0.3) is 0 Å². The molecule has 0 aliphatic rings. The Kier molecular flexibility index (Phi) is 4.87. The zero-order chi connectivity index (χ0) is 16.8. The number of amides is 1. The van der Waals surface area contributed by atoms with E-state index in [-0.39, 0.29) is 5.91 Å². The maximum atomic E-state index is 12.9. The highest BCUT2D eigenvalue weighted by atomic mass is 16.5. The van der Waals surface area contributed by atoms with E-state index in [0.717, 1.165) is 5.56 Å². The van der Waals surface area contributed by atoms with Gasteiger partial charge >= 0.3 is 0 Å². The number of benzene rings is 2. The lowest BCUT2D eigenvalue weighted by atomic mass is 9.94. The summed E-state index contributed by atoms with van der Waals surface area (Å²) in [5.74, 6) is 0.0913. The Bertz CT molecular complexity index is 765. The summed E-state index contributed by atoms with van der Waals surface area (Å²) >= 11 is 0. The topological polar surface area (TPSA) is 51.2 Å². The Morgan fingerprint density at radius 2 is 1.79 bits per heavy atom. The van der Waals surface area contributed by atoms with E-state index in [1.165, 1.54) is 0 Å². The van der Waals surface area contributed by atoms with Crippen LogP contribution in [-0.4, -0.2) is 18.0 Å². The second kappa shape index (κ2) is 7.42. The number of nitrogens with one attached hydrogen (secondary N) is 1. The van der Waals surface area contributed by atoms with Gasteiger partial charge in [-0.25, -0.2) is 0 Å². The summed E-state index contributed by atoms with van der Waals surface area (Å²) in [5, 5.41) is 2.95. The fourth-order valence-electron chi connectivity index (χ4n) is 2.56. The number of hydrogen-bond donors (Lipinski definition) is 1. The van der Waals surface area contributed by atoms with Crippen molar-refractivity contribution in [1.82, 2.24) is 4.98 Å². The second-order valence-electron chi connectivity index (χ2n) is 5.32. The minimum Gasteiger partial charge on any atom is -0.497 e. The molecule has 1 atom stereocenters. The summed E-state index contributed by atoms with van der Waals surface area (Å²) in [6, 6.07) is 22.5. The molecule has 1 amide bonds. The largest absolute Gasteiger partial charge is 0.497 e. The Labute approximate surface area is 141 Å². The predicted molar refractivity (Wildman–Crippen MR) is 94.1 cm³/mol. The fraction of sp³-hybridized carbons (Fsp3) is 0.100. The lowest BCUT2D eigenvalue weighted by molar-refractivity contribution is -0.116. The smallest absolute Gasteiger partial charge is 0.237 e. The van der Waals surface area contributed by atoms with Crippen molar-refractivity contribution < 1.29 is 9.53 Å². The third kappa shape index (κ3) is 3.60. The zero-order valence-corrected chi connectivity index (χ0v) is 13.3. The summed E-state index contributed by atoms with van der Waals surface area (Å²) in [6.07, 6.45) is 1.70. The van der Waals surface area contributed by atoms with Gasteiger partial charge in [0.25, 0.3) is 0 Å². The zero-order valence-electron chi connectivity index (χ0n) is 13.3. The average Bonchev–Trinajstić information content (AvgIpc) is 2.64. The Morgan fingerprint density at radius 1 is 1.00 bits per heavy atom. The summed E-state index contributed by atoms with van der Waals surface area (Å²) in [6.45, 7) is 0. The van der Waals surface area contributed by atoms with Crippen LogP contribution < -0.4 is 10.1 Å². The molecule has 0 saturated carbocycles. The normalized spacial score (nSPS) is 11.5. The van der Waals surface area contributed by atoms with Crippen molar-refractivity contribution in [1.29, 1.82) is 0 Å². The Balaban J connectivity index is 1.92. The quantitative estimate of drug-likeness (QED) is 0.777. The first-order valence-corrected chi connectivity index (χ1v) is 7.69. The highest BCUT2D eigenvalue weighted by Crippen LogP contribution is 2.25. The number of nitrogens with zero attached hydrogens (tertiary/aromatic N) is 1. The van der Waals surface area contributed by atoms with Crippen molar-refractivity contribution in [3.05, 3.63) is 90.3 Å². The maximum Gasteiger partial charge on any atom is 0.237 e. The van der Waals surface area contributed by atoms with Gasteiger partial charge in [0.1, 0.15) is 11.7 Å². The number of hydrogen-bond acceptors (Lipinski definition) is 3. The first-order chi connectivity index (χ1) is 11.8. The van der Waals surface area contributed by atoms with E-state index in [9.17, 15) is 4.79 Å². The highest BCUT2D eigenvalue weighted by Gasteiger charge is 2.23. The molecule has 1 aromatic heterocycles. The van der Waals surface area contributed by atoms with E-state index >= 15 is 0 Å². The molecule has 120 valence electrons. The monoisotopic (exact) mass is 318 g/mol. The van der Waals surface area contributed by atoms with Crippen molar-refractivity contribution in [2.24, 2.45) is 0 Å². The van der Waals surface area contributed by atoms with Crippen LogP contribution in [0, 0.1) is 0 Å². The molecule has 3 aromatic rings. The Hall–Kier alpha value is -3.14. The number of carbonyl (C=O) groups is 1. The van der Waals surface area contributed by atoms with Gasteiger partial charge in [0, 0.05) is 18.0 Å². The first-order valence-electron chi connectivity index (χ1n) is 7.69. The molecule has 1 N–H and O–H groups in total. The summed E-state index contributed by atoms with van der Waals surface area (Å²) in [7, 11) is 1.60. The molecule has 2 aromatic carbocycles. The van der Waals surface area contributed by atoms with E-state index in [1.807, 2.05) is 66.7 Å². The van der Waals surface area contributed by atoms with Gasteiger partial charge in [-0.05, 0) is 29.8 Å². The van der Waals surface area contributed by atoms with E-state index in [0.29, 0.717) is 17.1 Å². The van der Waals surface area contributed by atoms with Gasteiger partial charge in [-0.1, -0.05) is 42.5 Å². The summed E-state index contributed by atoms with van der Waals surface area (Å²) in [4.78, 5) is 17.3. The molecule has 0 saturated heterocycles. The van der Waals surface area contributed by atoms with Gasteiger partial charge < -0.3 is 10.1 Å². The average molecular weight is 318 g/mol. The lowest BCUT2D eigenvalue weighted by Crippen LogP contribution is -2.23. The van der Waals surface area contributed by atoms with Crippen molar-refractivity contribution in [2.75, 3.05) is 12.4 Å². The molecule has 0 spiro atoms. The van der Waals surface area contributed by atoms with Crippen LogP contribution in [-0.2, 0) is 4.79 Å². The van der Waals surface area contributed by atoms with Crippen molar-refractivity contribution >= 4 is 11.6 Å². The first kappa shape index (κ1) is 15.7. The van der Waals surface area contributed by atoms with E-state index in [1.54, 1.807) is 19.4 Å². The van der Waals surface area contributed by atoms with E-state index < -0.39 is 5.92 Å². The van der Waals surface area contributed by atoms with Gasteiger partial charge in [0.15, 0.2) is 0 Å². The van der Waals surface area contributed by atoms with Crippen LogP contribution in [0.15, 0.2) is 79.0 Å². The van der Waals surface area contributed by atoms with Gasteiger partial charge in [0.2, 0.25) is 5.91 Å². The van der Waals surface area contributed by atoms with Gasteiger partial charge in [0.05, 0.1) is 12.8 Å². The molecule has 1 unspecified atom stereocenters. The Morgan fingerprint density at radius 3 is 2.50 bits per heavy atom. The van der Waals surface area contributed by atoms with Crippen molar-refractivity contribution in [2.45, 2.75) is 5.92 Å². The number of carbonyl (C=O) groups excluding carboxylic acids is 1. The minimum atomic E-state index is -0.474. The number of aromatic nitrogens is 1. The predicted octanol–water partition coefficient (Wildman–Crippen LogP) is 3.86. The van der Waals surface area contributed by atoms with Crippen molar-refractivity contribution in [3.8, 4) is 5.75 Å². The van der Waals surface area contributed by atoms with Crippen LogP contribution in [0.5, 0.6) is 5.75 Å². The van der Waals surface area contributed by atoms with Crippen LogP contribution in [0.1, 0.15) is 17.2 Å². The van der Waals surface area contributed by atoms with Crippen LogP contribution in [0.3, 0.4) is 0 Å². The SMILES string of the molecule is COc1cccc(NC(=O)C(c2ccccc2)c2ccccn2)c1. The van der Waals surface area contributed by atoms with Gasteiger partial charge in [-0.3, -0.25) is 9.78 Å². The molecule has 0 radical (unpaired) electrons. The molecular weight excluding hydrogens is 300 g/mol. The third-order valence-corrected chi connectivity index (χ3v) is 3.72. The third-order valence-electron chi connectivity index (χ3n) is 3.72. The highest BCUT2D eigenvalue weighted by molar-refractivity contribution is 5.98. The number of rotatable bonds is 5. The maximum absolute atomic E-state index is 12.9. The second-order valence-corrected chi connectivity index (χ2v) is 5.32. The lowest BCUT2D eigenvalue weighted by Gasteiger charge is -2.17. The molecule has 3 rings (SSSR count). The summed E-state index contributed by atoms with van der Waals surface area (Å²) < 4.78 is 5.20. The molecule has 1 heterocycles. The van der Waals surface area contributed by atoms with E-state index in [4.69, 9.17) is 4.74 Å². The van der Waals surface area contributed by atoms with Gasteiger partial charge in [-0.2, -0.15) is 0 Å². The fourth-order valence-corrected chi connectivity index (χ4v) is 2.56. The molecule has 4 nitrogen and oxygen atoms in total. The van der Waals surface area contributed by atoms with Crippen LogP contribution >= 0.6 is 0 Å². The molecule has 0 bridgehead atoms.